The van der Waals surface area contributed by atoms with E-state index in [1.165, 1.54) is 12.1 Å². The van der Waals surface area contributed by atoms with Crippen LogP contribution in [0, 0.1) is 24.0 Å². The molecule has 0 unspecified atom stereocenters. The quantitative estimate of drug-likeness (QED) is 0.378. The summed E-state index contributed by atoms with van der Waals surface area (Å²) in [6.07, 6.45) is 1.59. The molecule has 0 aromatic carbocycles. The van der Waals surface area contributed by atoms with Crippen molar-refractivity contribution in [2.24, 2.45) is 0 Å². The number of nitrogen functional groups attached to an aromatic ring is 1. The number of carbonyl (C=O) groups is 1. The van der Waals surface area contributed by atoms with Crippen LogP contribution in [0.25, 0.3) is 0 Å². The average Bonchev–Trinajstić information content (AvgIpc) is 3.16. The number of rotatable bonds is 4. The molecule has 33 heavy (non-hydrogen) atoms. The first-order valence-electron chi connectivity index (χ1n) is 10.5. The maximum atomic E-state index is 12.2. The lowest BCUT2D eigenvalue weighted by Crippen LogP contribution is -2.42. The molecule has 11 heteroatoms. The molecule has 0 bridgehead atoms. The van der Waals surface area contributed by atoms with Crippen molar-refractivity contribution in [1.82, 2.24) is 14.9 Å². The molecule has 180 valence electrons. The number of carbonyl (C=O) groups excluding carboxylic acids is 1. The number of amides is 1. The Bertz CT molecular complexity index is 996. The highest BCUT2D eigenvalue weighted by Gasteiger charge is 2.32. The zero-order valence-electron chi connectivity index (χ0n) is 19.5. The number of likely N-dealkylation sites (tertiary alicyclic amines) is 1. The van der Waals surface area contributed by atoms with Gasteiger partial charge in [0, 0.05) is 18.7 Å². The summed E-state index contributed by atoms with van der Waals surface area (Å²) in [6.45, 7) is 10.1. The summed E-state index contributed by atoms with van der Waals surface area (Å²) < 4.78 is 11.2. The van der Waals surface area contributed by atoms with Crippen LogP contribution in [0.2, 0.25) is 5.15 Å². The SMILES string of the molecule is Cc1nc(Cl)ccc1[N+](=O)[O-].Cc1nc(OC[C@H]2CCCN2C(=O)OC(C)(C)C)ccc1N. The Morgan fingerprint density at radius 3 is 2.52 bits per heavy atom. The van der Waals surface area contributed by atoms with E-state index in [0.29, 0.717) is 30.4 Å². The maximum Gasteiger partial charge on any atom is 0.410 e. The van der Waals surface area contributed by atoms with Gasteiger partial charge in [0.25, 0.3) is 5.69 Å². The fourth-order valence-corrected chi connectivity index (χ4v) is 3.29. The lowest BCUT2D eigenvalue weighted by molar-refractivity contribution is -0.385. The summed E-state index contributed by atoms with van der Waals surface area (Å²) in [5, 5.41) is 10.5. The number of anilines is 1. The minimum Gasteiger partial charge on any atom is -0.475 e. The van der Waals surface area contributed by atoms with Gasteiger partial charge in [-0.05, 0) is 59.6 Å². The fraction of sp³-hybridized carbons (Fsp3) is 0.500. The Morgan fingerprint density at radius 1 is 1.24 bits per heavy atom. The van der Waals surface area contributed by atoms with Crippen molar-refractivity contribution < 1.29 is 19.2 Å². The van der Waals surface area contributed by atoms with Gasteiger partial charge in [-0.15, -0.1) is 0 Å². The minimum absolute atomic E-state index is 0.00519. The topological polar surface area (TPSA) is 134 Å². The zero-order chi connectivity index (χ0) is 24.8. The van der Waals surface area contributed by atoms with Crippen LogP contribution >= 0.6 is 11.6 Å². The van der Waals surface area contributed by atoms with Crippen molar-refractivity contribution in [3.05, 3.63) is 50.9 Å². The minimum atomic E-state index is -0.487. The van der Waals surface area contributed by atoms with Gasteiger partial charge in [-0.3, -0.25) is 10.1 Å². The molecule has 10 nitrogen and oxygen atoms in total. The van der Waals surface area contributed by atoms with Crippen molar-refractivity contribution in [1.29, 1.82) is 0 Å². The predicted molar refractivity (Wildman–Crippen MR) is 125 cm³/mol. The van der Waals surface area contributed by atoms with E-state index in [4.69, 9.17) is 26.8 Å². The largest absolute Gasteiger partial charge is 0.475 e. The molecule has 1 saturated heterocycles. The third kappa shape index (κ3) is 8.05. The molecular formula is C22H30ClN5O5. The molecule has 3 rings (SSSR count). The van der Waals surface area contributed by atoms with Gasteiger partial charge in [-0.2, -0.15) is 0 Å². The fourth-order valence-electron chi connectivity index (χ4n) is 3.10. The van der Waals surface area contributed by atoms with E-state index in [9.17, 15) is 14.9 Å². The Labute approximate surface area is 198 Å². The molecule has 0 spiro atoms. The summed E-state index contributed by atoms with van der Waals surface area (Å²) in [5.41, 5.74) is 6.97. The van der Waals surface area contributed by atoms with Gasteiger partial charge in [0.1, 0.15) is 23.1 Å². The van der Waals surface area contributed by atoms with Crippen molar-refractivity contribution in [2.45, 2.75) is 59.1 Å². The van der Waals surface area contributed by atoms with Crippen LogP contribution in [0.1, 0.15) is 45.0 Å². The van der Waals surface area contributed by atoms with Gasteiger partial charge in [-0.1, -0.05) is 11.6 Å². The number of pyridine rings is 2. The number of nitrogens with two attached hydrogens (primary N) is 1. The monoisotopic (exact) mass is 479 g/mol. The summed E-state index contributed by atoms with van der Waals surface area (Å²) in [7, 11) is 0. The molecule has 0 saturated carbocycles. The maximum absolute atomic E-state index is 12.2. The number of aryl methyl sites for hydroxylation is 2. The Morgan fingerprint density at radius 2 is 1.94 bits per heavy atom. The van der Waals surface area contributed by atoms with Crippen LogP contribution in [-0.2, 0) is 4.74 Å². The van der Waals surface area contributed by atoms with Crippen LogP contribution in [0.5, 0.6) is 5.88 Å². The van der Waals surface area contributed by atoms with E-state index in [-0.39, 0.29) is 23.0 Å². The van der Waals surface area contributed by atoms with E-state index in [2.05, 4.69) is 9.97 Å². The van der Waals surface area contributed by atoms with Crippen LogP contribution in [-0.4, -0.2) is 50.7 Å². The lowest BCUT2D eigenvalue weighted by Gasteiger charge is -2.28. The van der Waals surface area contributed by atoms with Crippen molar-refractivity contribution in [3.8, 4) is 5.88 Å². The summed E-state index contributed by atoms with van der Waals surface area (Å²) in [4.78, 5) is 31.7. The normalized spacial score (nSPS) is 15.5. The molecule has 1 amide bonds. The molecule has 2 aromatic heterocycles. The van der Waals surface area contributed by atoms with E-state index in [1.54, 1.807) is 24.0 Å². The number of hydrogen-bond acceptors (Lipinski definition) is 8. The summed E-state index contributed by atoms with van der Waals surface area (Å²) in [5.74, 6) is 0.530. The molecule has 0 aliphatic carbocycles. The third-order valence-electron chi connectivity index (χ3n) is 4.75. The third-order valence-corrected chi connectivity index (χ3v) is 4.96. The smallest absolute Gasteiger partial charge is 0.410 e. The Balaban J connectivity index is 0.000000294. The number of aromatic nitrogens is 2. The highest BCUT2D eigenvalue weighted by molar-refractivity contribution is 6.29. The second-order valence-electron chi connectivity index (χ2n) is 8.60. The zero-order valence-corrected chi connectivity index (χ0v) is 20.3. The Kier molecular flexibility index (Phi) is 8.81. The van der Waals surface area contributed by atoms with E-state index < -0.39 is 10.5 Å². The van der Waals surface area contributed by atoms with Crippen LogP contribution < -0.4 is 10.5 Å². The van der Waals surface area contributed by atoms with E-state index in [0.717, 1.165) is 18.5 Å². The van der Waals surface area contributed by atoms with Gasteiger partial charge in [0.15, 0.2) is 0 Å². The number of nitrogens with zero attached hydrogens (tertiary/aromatic N) is 4. The number of nitro groups is 1. The van der Waals surface area contributed by atoms with Gasteiger partial charge in [-0.25, -0.2) is 14.8 Å². The van der Waals surface area contributed by atoms with Crippen LogP contribution in [0.3, 0.4) is 0 Å². The van der Waals surface area contributed by atoms with Gasteiger partial charge in [0.2, 0.25) is 5.88 Å². The summed E-state index contributed by atoms with van der Waals surface area (Å²) in [6, 6.07) is 6.28. The first-order valence-corrected chi connectivity index (χ1v) is 10.9. The Hall–Kier alpha value is -3.14. The molecule has 1 fully saturated rings. The van der Waals surface area contributed by atoms with Crippen molar-refractivity contribution >= 4 is 29.1 Å². The second kappa shape index (κ2) is 11.1. The number of ether oxygens (including phenoxy) is 2. The first kappa shape index (κ1) is 26.1. The molecule has 0 radical (unpaired) electrons. The van der Waals surface area contributed by atoms with E-state index in [1.807, 2.05) is 27.7 Å². The van der Waals surface area contributed by atoms with Crippen LogP contribution in [0.15, 0.2) is 24.3 Å². The molecule has 2 aromatic rings. The molecule has 3 heterocycles. The van der Waals surface area contributed by atoms with Crippen molar-refractivity contribution in [3.63, 3.8) is 0 Å². The number of hydrogen-bond donors (Lipinski definition) is 1. The highest BCUT2D eigenvalue weighted by atomic mass is 35.5. The van der Waals surface area contributed by atoms with Gasteiger partial charge >= 0.3 is 6.09 Å². The standard InChI is InChI=1S/C16H25N3O3.C6H5ClN2O2/c1-11-13(17)7-8-14(18-11)21-10-12-6-5-9-19(12)15(20)22-16(2,3)4;1-4-5(9(10)11)2-3-6(7)8-4/h7-8,12H,5-6,9-10,17H2,1-4H3;2-3H,1H3/t12-;/m1./s1. The summed E-state index contributed by atoms with van der Waals surface area (Å²) >= 11 is 5.49. The second-order valence-corrected chi connectivity index (χ2v) is 8.99. The molecule has 1 aliphatic heterocycles. The molecule has 1 atom stereocenters. The van der Waals surface area contributed by atoms with Gasteiger partial charge < -0.3 is 20.1 Å². The van der Waals surface area contributed by atoms with E-state index >= 15 is 0 Å². The predicted octanol–water partition coefficient (Wildman–Crippen LogP) is 4.70. The van der Waals surface area contributed by atoms with Crippen molar-refractivity contribution in [2.75, 3.05) is 18.9 Å². The molecule has 2 N–H and O–H groups in total. The average molecular weight is 480 g/mol. The molecular weight excluding hydrogens is 450 g/mol. The van der Waals surface area contributed by atoms with Gasteiger partial charge in [0.05, 0.1) is 22.3 Å². The number of halogens is 1. The lowest BCUT2D eigenvalue weighted by atomic mass is 10.2. The molecule has 1 aliphatic rings. The first-order chi connectivity index (χ1) is 15.4. The van der Waals surface area contributed by atoms with Crippen LogP contribution in [0.4, 0.5) is 16.2 Å². The highest BCUT2D eigenvalue weighted by Crippen LogP contribution is 2.22.